The molecule has 4 rings (SSSR count). The Morgan fingerprint density at radius 2 is 1.88 bits per heavy atom. The number of carbonyl (C=O) groups excluding carboxylic acids is 1. The summed E-state index contributed by atoms with van der Waals surface area (Å²) in [4.78, 5) is 19.5. The summed E-state index contributed by atoms with van der Waals surface area (Å²) in [5.74, 6) is 3.04. The van der Waals surface area contributed by atoms with Crippen LogP contribution >= 0.6 is 0 Å². The number of likely N-dealkylation sites (tertiary alicyclic amines) is 1. The Morgan fingerprint density at radius 3 is 2.62 bits per heavy atom. The summed E-state index contributed by atoms with van der Waals surface area (Å²) in [5, 5.41) is 7.17. The number of ether oxygens (including phenoxy) is 3. The first-order chi connectivity index (χ1) is 16.6. The summed E-state index contributed by atoms with van der Waals surface area (Å²) < 4.78 is 21.3. The molecule has 1 aliphatic rings. The van der Waals surface area contributed by atoms with Crippen LogP contribution < -0.4 is 19.5 Å². The lowest BCUT2D eigenvalue weighted by Crippen LogP contribution is -2.42. The molecule has 2 heterocycles. The van der Waals surface area contributed by atoms with Crippen molar-refractivity contribution in [2.75, 3.05) is 34.4 Å². The van der Waals surface area contributed by atoms with E-state index in [9.17, 15) is 4.79 Å². The van der Waals surface area contributed by atoms with E-state index in [0.717, 1.165) is 36.3 Å². The molecular weight excluding hydrogens is 436 g/mol. The van der Waals surface area contributed by atoms with Gasteiger partial charge in [0, 0.05) is 18.7 Å². The lowest BCUT2D eigenvalue weighted by molar-refractivity contribution is -0.127. The van der Waals surface area contributed by atoms with Crippen LogP contribution in [0.15, 0.2) is 47.0 Å². The Morgan fingerprint density at radius 1 is 1.09 bits per heavy atom. The first kappa shape index (κ1) is 23.6. The van der Waals surface area contributed by atoms with Crippen molar-refractivity contribution in [3.8, 4) is 28.6 Å². The number of nitrogens with one attached hydrogen (secondary N) is 1. The minimum atomic E-state index is -0.0692. The highest BCUT2D eigenvalue weighted by molar-refractivity contribution is 5.79. The molecule has 9 heteroatoms. The van der Waals surface area contributed by atoms with Gasteiger partial charge in [0.05, 0.1) is 33.8 Å². The molecule has 1 amide bonds. The lowest BCUT2D eigenvalue weighted by Gasteiger charge is -2.30. The van der Waals surface area contributed by atoms with E-state index >= 15 is 0 Å². The Balaban J connectivity index is 1.32. The highest BCUT2D eigenvalue weighted by atomic mass is 16.5. The number of methoxy groups -OCH3 is 3. The van der Waals surface area contributed by atoms with Gasteiger partial charge in [-0.1, -0.05) is 17.3 Å². The highest BCUT2D eigenvalue weighted by Gasteiger charge is 2.27. The van der Waals surface area contributed by atoms with Crippen molar-refractivity contribution >= 4 is 5.91 Å². The quantitative estimate of drug-likeness (QED) is 0.513. The molecule has 1 aliphatic heterocycles. The highest BCUT2D eigenvalue weighted by Crippen LogP contribution is 2.31. The number of aromatic nitrogens is 2. The molecule has 1 fully saturated rings. The molecule has 0 unspecified atom stereocenters. The van der Waals surface area contributed by atoms with E-state index in [-0.39, 0.29) is 11.8 Å². The fourth-order valence-electron chi connectivity index (χ4n) is 4.09. The van der Waals surface area contributed by atoms with E-state index in [1.165, 1.54) is 0 Å². The molecular formula is C25H30N4O5. The Kier molecular flexibility index (Phi) is 7.64. The third-order valence-electron chi connectivity index (χ3n) is 5.97. The topological polar surface area (TPSA) is 99.0 Å². The van der Waals surface area contributed by atoms with Crippen molar-refractivity contribution in [1.29, 1.82) is 0 Å². The maximum atomic E-state index is 12.8. The largest absolute Gasteiger partial charge is 0.497 e. The molecule has 34 heavy (non-hydrogen) atoms. The predicted octanol–water partition coefficient (Wildman–Crippen LogP) is 3.29. The van der Waals surface area contributed by atoms with E-state index in [1.807, 2.05) is 42.5 Å². The van der Waals surface area contributed by atoms with Crippen LogP contribution in [0.25, 0.3) is 11.4 Å². The first-order valence-corrected chi connectivity index (χ1v) is 11.3. The summed E-state index contributed by atoms with van der Waals surface area (Å²) in [6, 6.07) is 13.2. The van der Waals surface area contributed by atoms with Gasteiger partial charge < -0.3 is 24.1 Å². The standard InChI is InChI=1S/C25H30N4O5/c1-31-20-9-6-17(7-10-20)14-26-25(30)19-5-4-12-29(15-19)16-23-27-24(28-34-23)18-8-11-21(32-2)22(13-18)33-3/h6-11,13,19H,4-5,12,14-16H2,1-3H3,(H,26,30)/t19-/m0/s1. The zero-order valence-electron chi connectivity index (χ0n) is 19.7. The molecule has 0 spiro atoms. The Bertz CT molecular complexity index is 1100. The number of hydrogen-bond donors (Lipinski definition) is 1. The normalized spacial score (nSPS) is 16.1. The van der Waals surface area contributed by atoms with Crippen molar-refractivity contribution in [2.45, 2.75) is 25.9 Å². The zero-order valence-corrected chi connectivity index (χ0v) is 19.7. The molecule has 3 aromatic rings. The smallest absolute Gasteiger partial charge is 0.241 e. The van der Waals surface area contributed by atoms with Crippen LogP contribution in [0, 0.1) is 5.92 Å². The average molecular weight is 467 g/mol. The van der Waals surface area contributed by atoms with Gasteiger partial charge in [0.15, 0.2) is 11.5 Å². The van der Waals surface area contributed by atoms with Gasteiger partial charge in [-0.05, 0) is 55.3 Å². The van der Waals surface area contributed by atoms with Crippen molar-refractivity contribution in [1.82, 2.24) is 20.4 Å². The van der Waals surface area contributed by atoms with Gasteiger partial charge >= 0.3 is 0 Å². The fraction of sp³-hybridized carbons (Fsp3) is 0.400. The lowest BCUT2D eigenvalue weighted by atomic mass is 9.97. The van der Waals surface area contributed by atoms with Crippen LogP contribution in [0.2, 0.25) is 0 Å². The molecule has 0 radical (unpaired) electrons. The maximum Gasteiger partial charge on any atom is 0.241 e. The van der Waals surface area contributed by atoms with Crippen molar-refractivity contribution in [3.63, 3.8) is 0 Å². The van der Waals surface area contributed by atoms with Gasteiger partial charge in [0.1, 0.15) is 5.75 Å². The van der Waals surface area contributed by atoms with Crippen molar-refractivity contribution in [3.05, 3.63) is 53.9 Å². The van der Waals surface area contributed by atoms with Gasteiger partial charge in [0.25, 0.3) is 0 Å². The van der Waals surface area contributed by atoms with E-state index < -0.39 is 0 Å². The first-order valence-electron chi connectivity index (χ1n) is 11.3. The van der Waals surface area contributed by atoms with Crippen LogP contribution in [0.5, 0.6) is 17.2 Å². The van der Waals surface area contributed by atoms with Crippen LogP contribution in [-0.2, 0) is 17.9 Å². The van der Waals surface area contributed by atoms with Crippen LogP contribution in [-0.4, -0.2) is 55.4 Å². The zero-order chi connectivity index (χ0) is 23.9. The number of hydrogen-bond acceptors (Lipinski definition) is 8. The summed E-state index contributed by atoms with van der Waals surface area (Å²) >= 11 is 0. The maximum absolute atomic E-state index is 12.8. The van der Waals surface area contributed by atoms with E-state index in [0.29, 0.717) is 42.8 Å². The number of nitrogens with zero attached hydrogens (tertiary/aromatic N) is 3. The molecule has 180 valence electrons. The minimum absolute atomic E-state index is 0.0667. The third kappa shape index (κ3) is 5.66. The van der Waals surface area contributed by atoms with Crippen molar-refractivity contribution < 1.29 is 23.5 Å². The second kappa shape index (κ2) is 11.0. The SMILES string of the molecule is COc1ccc(CNC(=O)[C@H]2CCCN(Cc3nc(-c4ccc(OC)c(OC)c4)no3)C2)cc1. The van der Waals surface area contributed by atoms with Gasteiger partial charge in [-0.25, -0.2) is 0 Å². The summed E-state index contributed by atoms with van der Waals surface area (Å²) in [7, 11) is 4.81. The number of amides is 1. The van der Waals surface area contributed by atoms with Crippen LogP contribution in [0.3, 0.4) is 0 Å². The van der Waals surface area contributed by atoms with Crippen molar-refractivity contribution in [2.24, 2.45) is 5.92 Å². The molecule has 0 aliphatic carbocycles. The monoisotopic (exact) mass is 466 g/mol. The number of benzene rings is 2. The third-order valence-corrected chi connectivity index (χ3v) is 5.97. The molecule has 1 aromatic heterocycles. The molecule has 1 atom stereocenters. The summed E-state index contributed by atoms with van der Waals surface area (Å²) in [5.41, 5.74) is 1.82. The molecule has 9 nitrogen and oxygen atoms in total. The van der Waals surface area contributed by atoms with E-state index in [1.54, 1.807) is 21.3 Å². The minimum Gasteiger partial charge on any atom is -0.497 e. The molecule has 0 bridgehead atoms. The van der Waals surface area contributed by atoms with E-state index in [4.69, 9.17) is 18.7 Å². The Labute approximate surface area is 199 Å². The fourth-order valence-corrected chi connectivity index (χ4v) is 4.09. The van der Waals surface area contributed by atoms with Gasteiger partial charge in [0.2, 0.25) is 17.6 Å². The number of rotatable bonds is 9. The Hall–Kier alpha value is -3.59. The molecule has 1 saturated heterocycles. The van der Waals surface area contributed by atoms with Crippen LogP contribution in [0.4, 0.5) is 0 Å². The molecule has 0 saturated carbocycles. The number of piperidine rings is 1. The van der Waals surface area contributed by atoms with Crippen LogP contribution in [0.1, 0.15) is 24.3 Å². The summed E-state index contributed by atoms with van der Waals surface area (Å²) in [6.07, 6.45) is 1.81. The van der Waals surface area contributed by atoms with Gasteiger partial charge in [-0.2, -0.15) is 4.98 Å². The molecule has 1 N–H and O–H groups in total. The predicted molar refractivity (Wildman–Crippen MR) is 126 cm³/mol. The van der Waals surface area contributed by atoms with E-state index in [2.05, 4.69) is 20.4 Å². The second-order valence-corrected chi connectivity index (χ2v) is 8.22. The molecule has 2 aromatic carbocycles. The van der Waals surface area contributed by atoms with Gasteiger partial charge in [-0.3, -0.25) is 9.69 Å². The second-order valence-electron chi connectivity index (χ2n) is 8.22. The van der Waals surface area contributed by atoms with Gasteiger partial charge in [-0.15, -0.1) is 0 Å². The summed E-state index contributed by atoms with van der Waals surface area (Å²) in [6.45, 7) is 2.54. The number of carbonyl (C=O) groups is 1. The average Bonchev–Trinajstić information content (AvgIpc) is 3.35.